The maximum atomic E-state index is 11.9. The van der Waals surface area contributed by atoms with E-state index in [1.165, 1.54) is 24.6 Å². The Morgan fingerprint density at radius 3 is 2.63 bits per heavy atom. The molecule has 9 heteroatoms. The Morgan fingerprint density at radius 2 is 1.90 bits per heavy atom. The van der Waals surface area contributed by atoms with Gasteiger partial charge in [-0.2, -0.15) is 5.10 Å². The molecule has 1 heterocycles. The second-order valence-electron chi connectivity index (χ2n) is 6.06. The monoisotopic (exact) mass is 425 g/mol. The molecule has 0 aliphatic rings. The van der Waals surface area contributed by atoms with Gasteiger partial charge in [-0.05, 0) is 54.4 Å². The van der Waals surface area contributed by atoms with Crippen molar-refractivity contribution in [3.63, 3.8) is 0 Å². The van der Waals surface area contributed by atoms with Gasteiger partial charge >= 0.3 is 17.8 Å². The van der Waals surface area contributed by atoms with Crippen LogP contribution in [0, 0.1) is 6.92 Å². The van der Waals surface area contributed by atoms with Crippen molar-refractivity contribution in [1.29, 1.82) is 0 Å². The van der Waals surface area contributed by atoms with Gasteiger partial charge in [0, 0.05) is 10.7 Å². The molecule has 0 atom stereocenters. The van der Waals surface area contributed by atoms with Crippen molar-refractivity contribution in [1.82, 2.24) is 5.43 Å². The predicted molar refractivity (Wildman–Crippen MR) is 111 cm³/mol. The maximum Gasteiger partial charge on any atom is 0.379 e. The number of nitrogens with one attached hydrogen (secondary N) is 2. The van der Waals surface area contributed by atoms with Crippen LogP contribution in [0.4, 0.5) is 5.69 Å². The lowest BCUT2D eigenvalue weighted by Gasteiger charge is -2.06. The number of hydrogen-bond acceptors (Lipinski definition) is 6. The number of amides is 2. The summed E-state index contributed by atoms with van der Waals surface area (Å²) in [5.74, 6) is -2.16. The zero-order valence-corrected chi connectivity index (χ0v) is 16.5. The van der Waals surface area contributed by atoms with Crippen LogP contribution in [-0.2, 0) is 9.59 Å². The fraction of sp³-hybridized carbons (Fsp3) is 0.0476. The maximum absolute atomic E-state index is 11.9. The molecule has 0 aliphatic heterocycles. The van der Waals surface area contributed by atoms with E-state index in [4.69, 9.17) is 20.8 Å². The van der Waals surface area contributed by atoms with E-state index in [1.54, 1.807) is 42.5 Å². The van der Waals surface area contributed by atoms with Crippen molar-refractivity contribution in [3.8, 4) is 5.75 Å². The highest BCUT2D eigenvalue weighted by molar-refractivity contribution is 6.39. The largest absolute Gasteiger partial charge is 0.457 e. The first-order valence-corrected chi connectivity index (χ1v) is 9.06. The van der Waals surface area contributed by atoms with Crippen LogP contribution in [0.25, 0.3) is 0 Å². The van der Waals surface area contributed by atoms with E-state index < -0.39 is 17.8 Å². The summed E-state index contributed by atoms with van der Waals surface area (Å²) >= 11 is 5.99. The number of rotatable bonds is 5. The lowest BCUT2D eigenvalue weighted by molar-refractivity contribution is -0.136. The van der Waals surface area contributed by atoms with E-state index in [1.807, 2.05) is 6.92 Å². The van der Waals surface area contributed by atoms with Crippen LogP contribution in [-0.4, -0.2) is 24.0 Å². The zero-order chi connectivity index (χ0) is 21.5. The van der Waals surface area contributed by atoms with Gasteiger partial charge in [0.05, 0.1) is 12.5 Å². The van der Waals surface area contributed by atoms with Crippen molar-refractivity contribution < 1.29 is 23.5 Å². The third-order valence-electron chi connectivity index (χ3n) is 3.81. The highest BCUT2D eigenvalue weighted by Gasteiger charge is 2.14. The molecule has 3 aromatic rings. The first-order valence-electron chi connectivity index (χ1n) is 8.68. The number of esters is 1. The summed E-state index contributed by atoms with van der Waals surface area (Å²) in [6.45, 7) is 1.82. The van der Waals surface area contributed by atoms with Gasteiger partial charge in [0.15, 0.2) is 0 Å². The predicted octanol–water partition coefficient (Wildman–Crippen LogP) is 3.55. The number of benzene rings is 2. The third-order valence-corrected chi connectivity index (χ3v) is 4.21. The van der Waals surface area contributed by atoms with Crippen molar-refractivity contribution in [2.75, 3.05) is 5.32 Å². The molecule has 2 aromatic carbocycles. The minimum absolute atomic E-state index is 0.0715. The fourth-order valence-corrected chi connectivity index (χ4v) is 2.47. The van der Waals surface area contributed by atoms with Gasteiger partial charge in [0.2, 0.25) is 5.76 Å². The SMILES string of the molecule is Cc1ccc(NC(=O)C(=O)NN=Cc2cccc(OC(=O)c3ccco3)c2)cc1Cl. The van der Waals surface area contributed by atoms with Gasteiger partial charge in [-0.15, -0.1) is 0 Å². The van der Waals surface area contributed by atoms with Crippen molar-refractivity contribution >= 4 is 41.3 Å². The molecule has 0 unspecified atom stereocenters. The molecule has 0 saturated carbocycles. The molecule has 0 radical (unpaired) electrons. The number of ether oxygens (including phenoxy) is 1. The third kappa shape index (κ3) is 5.55. The summed E-state index contributed by atoms with van der Waals surface area (Å²) in [5, 5.41) is 6.63. The molecule has 0 bridgehead atoms. The van der Waals surface area contributed by atoms with Crippen LogP contribution in [0.15, 0.2) is 70.4 Å². The number of hydrogen-bond donors (Lipinski definition) is 2. The standard InChI is InChI=1S/C21H16ClN3O5/c1-13-7-8-15(11-17(13)22)24-19(26)20(27)25-23-12-14-4-2-5-16(10-14)30-21(28)18-6-3-9-29-18/h2-12H,1H3,(H,24,26)(H,25,27). The number of carbonyl (C=O) groups is 3. The molecule has 0 aliphatic carbocycles. The highest BCUT2D eigenvalue weighted by atomic mass is 35.5. The molecule has 3 rings (SSSR count). The van der Waals surface area contributed by atoms with E-state index in [2.05, 4.69) is 15.8 Å². The minimum Gasteiger partial charge on any atom is -0.457 e. The Bertz CT molecular complexity index is 1110. The first kappa shape index (κ1) is 20.8. The van der Waals surface area contributed by atoms with Gasteiger partial charge in [0.1, 0.15) is 5.75 Å². The number of nitrogens with zero attached hydrogens (tertiary/aromatic N) is 1. The fourth-order valence-electron chi connectivity index (χ4n) is 2.29. The summed E-state index contributed by atoms with van der Waals surface area (Å²) in [7, 11) is 0. The average Bonchev–Trinajstić information content (AvgIpc) is 3.26. The second kappa shape index (κ2) is 9.53. The number of halogens is 1. The molecule has 0 spiro atoms. The van der Waals surface area contributed by atoms with Crippen LogP contribution >= 0.6 is 11.6 Å². The zero-order valence-electron chi connectivity index (χ0n) is 15.7. The minimum atomic E-state index is -0.955. The van der Waals surface area contributed by atoms with Crippen LogP contribution < -0.4 is 15.5 Å². The van der Waals surface area contributed by atoms with Crippen LogP contribution in [0.2, 0.25) is 5.02 Å². The first-order chi connectivity index (χ1) is 14.4. The van der Waals surface area contributed by atoms with Crippen LogP contribution in [0.1, 0.15) is 21.7 Å². The van der Waals surface area contributed by atoms with Gasteiger partial charge < -0.3 is 14.5 Å². The number of carbonyl (C=O) groups excluding carboxylic acids is 3. The van der Waals surface area contributed by atoms with Crippen molar-refractivity contribution in [2.45, 2.75) is 6.92 Å². The molecule has 2 N–H and O–H groups in total. The Hall–Kier alpha value is -3.91. The molecule has 152 valence electrons. The topological polar surface area (TPSA) is 110 Å². The smallest absolute Gasteiger partial charge is 0.379 e. The molecule has 8 nitrogen and oxygen atoms in total. The molecule has 30 heavy (non-hydrogen) atoms. The normalized spacial score (nSPS) is 10.6. The number of hydrazone groups is 1. The van der Waals surface area contributed by atoms with E-state index in [0.29, 0.717) is 16.3 Å². The van der Waals surface area contributed by atoms with E-state index >= 15 is 0 Å². The van der Waals surface area contributed by atoms with E-state index in [0.717, 1.165) is 5.56 Å². The summed E-state index contributed by atoms with van der Waals surface area (Å²) in [6, 6.07) is 14.4. The summed E-state index contributed by atoms with van der Waals surface area (Å²) in [5.41, 5.74) is 3.89. The lowest BCUT2D eigenvalue weighted by Crippen LogP contribution is -2.32. The van der Waals surface area contributed by atoms with Gasteiger partial charge in [-0.25, -0.2) is 10.2 Å². The Labute approximate surface area is 176 Å². The molecule has 0 saturated heterocycles. The van der Waals surface area contributed by atoms with Crippen LogP contribution in [0.5, 0.6) is 5.75 Å². The van der Waals surface area contributed by atoms with Crippen molar-refractivity contribution in [3.05, 3.63) is 82.8 Å². The van der Waals surface area contributed by atoms with Gasteiger partial charge in [0.25, 0.3) is 0 Å². The van der Waals surface area contributed by atoms with E-state index in [9.17, 15) is 14.4 Å². The molecule has 0 fully saturated rings. The average molecular weight is 426 g/mol. The van der Waals surface area contributed by atoms with Gasteiger partial charge in [-0.1, -0.05) is 29.8 Å². The molecule has 2 amide bonds. The summed E-state index contributed by atoms with van der Waals surface area (Å²) in [6.07, 6.45) is 2.67. The Morgan fingerprint density at radius 1 is 1.07 bits per heavy atom. The lowest BCUT2D eigenvalue weighted by atomic mass is 10.2. The molecular formula is C21H16ClN3O5. The number of aryl methyl sites for hydroxylation is 1. The summed E-state index contributed by atoms with van der Waals surface area (Å²) < 4.78 is 10.2. The highest BCUT2D eigenvalue weighted by Crippen LogP contribution is 2.19. The van der Waals surface area contributed by atoms with Crippen LogP contribution in [0.3, 0.4) is 0 Å². The number of furan rings is 1. The number of anilines is 1. The summed E-state index contributed by atoms with van der Waals surface area (Å²) in [4.78, 5) is 35.7. The van der Waals surface area contributed by atoms with Crippen molar-refractivity contribution in [2.24, 2.45) is 5.10 Å². The molecule has 1 aromatic heterocycles. The Balaban J connectivity index is 1.55. The molecular weight excluding hydrogens is 410 g/mol. The quantitative estimate of drug-likeness (QED) is 0.213. The second-order valence-corrected chi connectivity index (χ2v) is 6.46. The Kier molecular flexibility index (Phi) is 6.61. The van der Waals surface area contributed by atoms with E-state index in [-0.39, 0.29) is 11.5 Å². The van der Waals surface area contributed by atoms with Gasteiger partial charge in [-0.3, -0.25) is 9.59 Å².